The number of aliphatic hydroxyl groups is 2. The van der Waals surface area contributed by atoms with Crippen molar-refractivity contribution in [2.45, 2.75) is 118 Å². The van der Waals surface area contributed by atoms with E-state index in [0.29, 0.717) is 24.7 Å². The molecule has 4 heteroatoms. The van der Waals surface area contributed by atoms with Crippen LogP contribution in [0.25, 0.3) is 0 Å². The average molecular weight is 487 g/mol. The van der Waals surface area contributed by atoms with Crippen molar-refractivity contribution in [3.8, 4) is 0 Å². The number of fused-ring (bicyclic) bond motifs is 4. The molecule has 0 unspecified atom stereocenters. The minimum atomic E-state index is -0.720. The second-order valence-corrected chi connectivity index (χ2v) is 14.1. The number of carbonyl (C=O) groups is 1. The van der Waals surface area contributed by atoms with Crippen LogP contribution in [0.3, 0.4) is 0 Å². The zero-order valence-corrected chi connectivity index (χ0v) is 23.3. The van der Waals surface area contributed by atoms with Crippen LogP contribution >= 0.6 is 0 Å². The molecular weight excluding hydrogens is 436 g/mol. The SMILES string of the molecule is C=C(CC[C@H](C(=O)O)[C@H]1C[C@H](O)[C@@]2(C)C3=C(CC[C@]12C)[C@@]1(C)CC[C@H](O)C(C)(C)[C@@H]1CC3)C(C)C. The molecule has 0 spiro atoms. The van der Waals surface area contributed by atoms with Crippen LogP contribution in [0.15, 0.2) is 23.3 Å². The van der Waals surface area contributed by atoms with E-state index >= 15 is 0 Å². The van der Waals surface area contributed by atoms with Crippen LogP contribution in [0.4, 0.5) is 0 Å². The minimum Gasteiger partial charge on any atom is -0.481 e. The molecule has 0 aromatic carbocycles. The highest BCUT2D eigenvalue weighted by Crippen LogP contribution is 2.72. The van der Waals surface area contributed by atoms with Crippen molar-refractivity contribution in [1.29, 1.82) is 0 Å². The fraction of sp³-hybridized carbons (Fsp3) is 0.839. The molecule has 0 heterocycles. The number of hydrogen-bond acceptors (Lipinski definition) is 3. The Morgan fingerprint density at radius 2 is 1.66 bits per heavy atom. The Kier molecular flexibility index (Phi) is 6.71. The number of aliphatic carboxylic acids is 1. The number of allylic oxidation sites excluding steroid dienone is 2. The van der Waals surface area contributed by atoms with Gasteiger partial charge in [-0.1, -0.05) is 71.8 Å². The highest BCUT2D eigenvalue weighted by Gasteiger charge is 2.67. The first kappa shape index (κ1) is 26.9. The quantitative estimate of drug-likeness (QED) is 0.362. The topological polar surface area (TPSA) is 77.8 Å². The summed E-state index contributed by atoms with van der Waals surface area (Å²) >= 11 is 0. The van der Waals surface area contributed by atoms with Gasteiger partial charge in [0.1, 0.15) is 0 Å². The van der Waals surface area contributed by atoms with Gasteiger partial charge in [-0.05, 0) is 91.8 Å². The lowest BCUT2D eigenvalue weighted by molar-refractivity contribution is -0.147. The maximum atomic E-state index is 12.6. The molecule has 0 aliphatic heterocycles. The molecule has 3 N–H and O–H groups in total. The molecule has 4 nitrogen and oxygen atoms in total. The standard InChI is InChI=1S/C31H50O4/c1-18(2)19(3)9-10-20(27(34)35)23-17-26(33)31(8)22-11-12-24-28(4,5)25(32)14-15-29(24,6)21(22)13-16-30(23,31)7/h18,20,23-26,32-33H,3,9-17H2,1-2,4-8H3,(H,34,35)/t20-,23+,24-,25-,26-,29+,30+,31+/m0/s1. The van der Waals surface area contributed by atoms with Crippen LogP contribution in [0.5, 0.6) is 0 Å². The Labute approximate surface area is 213 Å². The highest BCUT2D eigenvalue weighted by molar-refractivity contribution is 5.71. The molecule has 0 bridgehead atoms. The average Bonchev–Trinajstić information content (AvgIpc) is 2.98. The predicted octanol–water partition coefficient (Wildman–Crippen LogP) is 6.76. The molecule has 35 heavy (non-hydrogen) atoms. The summed E-state index contributed by atoms with van der Waals surface area (Å²) in [7, 11) is 0. The van der Waals surface area contributed by atoms with Gasteiger partial charge < -0.3 is 15.3 Å². The number of carboxylic acid groups (broad SMARTS) is 1. The van der Waals surface area contributed by atoms with Gasteiger partial charge in [-0.15, -0.1) is 0 Å². The lowest BCUT2D eigenvalue weighted by Gasteiger charge is -2.62. The zero-order valence-electron chi connectivity index (χ0n) is 23.3. The van der Waals surface area contributed by atoms with Crippen LogP contribution < -0.4 is 0 Å². The summed E-state index contributed by atoms with van der Waals surface area (Å²) in [5.41, 5.74) is 3.40. The molecular formula is C31H50O4. The second-order valence-electron chi connectivity index (χ2n) is 14.1. The molecule has 4 aliphatic carbocycles. The Morgan fingerprint density at radius 3 is 2.26 bits per heavy atom. The third-order valence-electron chi connectivity index (χ3n) is 12.3. The van der Waals surface area contributed by atoms with E-state index in [4.69, 9.17) is 0 Å². The van der Waals surface area contributed by atoms with Crippen molar-refractivity contribution in [3.05, 3.63) is 23.3 Å². The number of hydrogen-bond donors (Lipinski definition) is 3. The Balaban J connectivity index is 1.72. The molecule has 0 aromatic heterocycles. The van der Waals surface area contributed by atoms with E-state index in [0.717, 1.165) is 50.5 Å². The van der Waals surface area contributed by atoms with Gasteiger partial charge in [0.15, 0.2) is 0 Å². The van der Waals surface area contributed by atoms with E-state index in [9.17, 15) is 20.1 Å². The van der Waals surface area contributed by atoms with Gasteiger partial charge in [-0.3, -0.25) is 4.79 Å². The monoisotopic (exact) mass is 486 g/mol. The van der Waals surface area contributed by atoms with Crippen molar-refractivity contribution in [2.75, 3.05) is 0 Å². The smallest absolute Gasteiger partial charge is 0.306 e. The van der Waals surface area contributed by atoms with Crippen LogP contribution in [0, 0.1) is 45.3 Å². The van der Waals surface area contributed by atoms with Gasteiger partial charge in [0.2, 0.25) is 0 Å². The summed E-state index contributed by atoms with van der Waals surface area (Å²) < 4.78 is 0. The number of aliphatic hydroxyl groups excluding tert-OH is 2. The van der Waals surface area contributed by atoms with Gasteiger partial charge in [0.05, 0.1) is 18.1 Å². The normalized spacial score (nSPS) is 43.4. The van der Waals surface area contributed by atoms with E-state index in [1.54, 1.807) is 0 Å². The molecule has 198 valence electrons. The Morgan fingerprint density at radius 1 is 1.00 bits per heavy atom. The van der Waals surface area contributed by atoms with E-state index < -0.39 is 18.0 Å². The van der Waals surface area contributed by atoms with Crippen LogP contribution in [-0.4, -0.2) is 33.5 Å². The first-order valence-corrected chi connectivity index (χ1v) is 14.1. The maximum absolute atomic E-state index is 12.6. The van der Waals surface area contributed by atoms with Crippen molar-refractivity contribution in [1.82, 2.24) is 0 Å². The number of rotatable bonds is 6. The molecule has 2 saturated carbocycles. The van der Waals surface area contributed by atoms with Crippen molar-refractivity contribution < 1.29 is 20.1 Å². The predicted molar refractivity (Wildman–Crippen MR) is 141 cm³/mol. The van der Waals surface area contributed by atoms with Gasteiger partial charge in [0.25, 0.3) is 0 Å². The minimum absolute atomic E-state index is 0.0378. The van der Waals surface area contributed by atoms with Gasteiger partial charge in [-0.25, -0.2) is 0 Å². The molecule has 0 saturated heterocycles. The van der Waals surface area contributed by atoms with E-state index in [-0.39, 0.29) is 33.7 Å². The molecule has 0 aromatic rings. The lowest BCUT2D eigenvalue weighted by Crippen LogP contribution is -2.56. The van der Waals surface area contributed by atoms with Crippen molar-refractivity contribution >= 4 is 5.97 Å². The summed E-state index contributed by atoms with van der Waals surface area (Å²) in [6.45, 7) is 19.9. The first-order valence-electron chi connectivity index (χ1n) is 14.1. The summed E-state index contributed by atoms with van der Waals surface area (Å²) in [5, 5.41) is 32.8. The fourth-order valence-electron chi connectivity index (χ4n) is 9.49. The van der Waals surface area contributed by atoms with Crippen LogP contribution in [0.1, 0.15) is 106 Å². The summed E-state index contributed by atoms with van der Waals surface area (Å²) in [5.74, 6) is -0.415. The molecule has 0 amide bonds. The molecule has 8 atom stereocenters. The Hall–Kier alpha value is -1.13. The van der Waals surface area contributed by atoms with E-state index in [1.165, 1.54) is 11.1 Å². The summed E-state index contributed by atoms with van der Waals surface area (Å²) in [6, 6.07) is 0. The van der Waals surface area contributed by atoms with Crippen molar-refractivity contribution in [2.24, 2.45) is 45.3 Å². The largest absolute Gasteiger partial charge is 0.481 e. The second kappa shape index (κ2) is 8.72. The highest BCUT2D eigenvalue weighted by atomic mass is 16.4. The maximum Gasteiger partial charge on any atom is 0.306 e. The fourth-order valence-corrected chi connectivity index (χ4v) is 9.49. The summed E-state index contributed by atoms with van der Waals surface area (Å²) in [6.07, 6.45) is 6.90. The third kappa shape index (κ3) is 3.71. The molecule has 0 radical (unpaired) electrons. The molecule has 2 fully saturated rings. The zero-order chi connectivity index (χ0) is 26.1. The van der Waals surface area contributed by atoms with Crippen LogP contribution in [-0.2, 0) is 4.79 Å². The lowest BCUT2D eigenvalue weighted by atomic mass is 9.43. The van der Waals surface area contributed by atoms with Gasteiger partial charge >= 0.3 is 5.97 Å². The van der Waals surface area contributed by atoms with Gasteiger partial charge in [-0.2, -0.15) is 0 Å². The van der Waals surface area contributed by atoms with Gasteiger partial charge in [0, 0.05) is 5.41 Å². The molecule has 4 rings (SSSR count). The molecule has 4 aliphatic rings. The Bertz CT molecular complexity index is 915. The van der Waals surface area contributed by atoms with Crippen molar-refractivity contribution in [3.63, 3.8) is 0 Å². The van der Waals surface area contributed by atoms with E-state index in [2.05, 4.69) is 55.0 Å². The summed E-state index contributed by atoms with van der Waals surface area (Å²) in [4.78, 5) is 12.6. The first-order chi connectivity index (χ1) is 16.1. The third-order valence-corrected chi connectivity index (χ3v) is 12.3. The number of carboxylic acids is 1. The van der Waals surface area contributed by atoms with Crippen LogP contribution in [0.2, 0.25) is 0 Å². The van der Waals surface area contributed by atoms with E-state index in [1.807, 2.05) is 0 Å².